The van der Waals surface area contributed by atoms with Crippen molar-refractivity contribution in [3.8, 4) is 11.1 Å². The molecule has 1 heterocycles. The summed E-state index contributed by atoms with van der Waals surface area (Å²) in [6.45, 7) is 0. The topological polar surface area (TPSA) is 54.4 Å². The fourth-order valence-corrected chi connectivity index (χ4v) is 5.18. The molecule has 1 aromatic heterocycles. The van der Waals surface area contributed by atoms with Crippen molar-refractivity contribution >= 4 is 37.5 Å². The van der Waals surface area contributed by atoms with E-state index in [0.717, 1.165) is 37.7 Å². The highest BCUT2D eigenvalue weighted by Crippen LogP contribution is 2.37. The minimum absolute atomic E-state index is 0.139. The average Bonchev–Trinajstić information content (AvgIpc) is 3.18. The van der Waals surface area contributed by atoms with Crippen LogP contribution in [-0.2, 0) is 6.42 Å². The SMILES string of the molecule is O=C(O)c1cccc2c1Cc1ccccc1-2.O=c1c2ccccc2sc2ccccc12. The zero-order valence-corrected chi connectivity index (χ0v) is 17.4. The first-order valence-corrected chi connectivity index (χ1v) is 10.8. The van der Waals surface area contributed by atoms with E-state index < -0.39 is 5.97 Å². The van der Waals surface area contributed by atoms with Gasteiger partial charge in [-0.05, 0) is 59.0 Å². The molecule has 0 bridgehead atoms. The Balaban J connectivity index is 0.000000132. The number of rotatable bonds is 1. The van der Waals surface area contributed by atoms with Crippen LogP contribution in [0.3, 0.4) is 0 Å². The van der Waals surface area contributed by atoms with Crippen molar-refractivity contribution in [2.24, 2.45) is 0 Å². The molecule has 150 valence electrons. The zero-order chi connectivity index (χ0) is 21.4. The smallest absolute Gasteiger partial charge is 0.335 e. The number of hydrogen-bond acceptors (Lipinski definition) is 3. The zero-order valence-electron chi connectivity index (χ0n) is 16.5. The Morgan fingerprint density at radius 2 is 1.29 bits per heavy atom. The van der Waals surface area contributed by atoms with Gasteiger partial charge in [0.2, 0.25) is 0 Å². The molecule has 5 aromatic rings. The summed E-state index contributed by atoms with van der Waals surface area (Å²) < 4.78 is 2.11. The maximum absolute atomic E-state index is 12.1. The van der Waals surface area contributed by atoms with Crippen LogP contribution in [0.4, 0.5) is 0 Å². The Hall–Kier alpha value is -3.76. The molecule has 0 unspecified atom stereocenters. The van der Waals surface area contributed by atoms with Gasteiger partial charge >= 0.3 is 5.97 Å². The molecular formula is C27H18O3S. The first-order valence-electron chi connectivity index (χ1n) is 9.97. The average molecular weight is 423 g/mol. The van der Waals surface area contributed by atoms with Crippen molar-refractivity contribution in [1.82, 2.24) is 0 Å². The lowest BCUT2D eigenvalue weighted by Crippen LogP contribution is -2.01. The van der Waals surface area contributed by atoms with Crippen LogP contribution in [0.15, 0.2) is 95.8 Å². The van der Waals surface area contributed by atoms with Crippen molar-refractivity contribution in [2.75, 3.05) is 0 Å². The second kappa shape index (κ2) is 7.82. The van der Waals surface area contributed by atoms with Crippen molar-refractivity contribution < 1.29 is 9.90 Å². The quantitative estimate of drug-likeness (QED) is 0.313. The summed E-state index contributed by atoms with van der Waals surface area (Å²) in [6.07, 6.45) is 0.730. The molecule has 0 atom stereocenters. The van der Waals surface area contributed by atoms with Crippen LogP contribution in [0.5, 0.6) is 0 Å². The summed E-state index contributed by atoms with van der Waals surface area (Å²) in [4.78, 5) is 23.2. The molecule has 0 amide bonds. The number of carboxylic acids is 1. The van der Waals surface area contributed by atoms with E-state index in [2.05, 4.69) is 6.07 Å². The van der Waals surface area contributed by atoms with Crippen LogP contribution in [0, 0.1) is 0 Å². The highest BCUT2D eigenvalue weighted by atomic mass is 32.1. The van der Waals surface area contributed by atoms with Crippen LogP contribution in [-0.4, -0.2) is 11.1 Å². The largest absolute Gasteiger partial charge is 0.478 e. The van der Waals surface area contributed by atoms with Gasteiger partial charge in [-0.1, -0.05) is 60.7 Å². The van der Waals surface area contributed by atoms with E-state index in [1.807, 2.05) is 78.9 Å². The lowest BCUT2D eigenvalue weighted by Gasteiger charge is -2.03. The lowest BCUT2D eigenvalue weighted by atomic mass is 10.0. The molecule has 6 rings (SSSR count). The normalized spacial score (nSPS) is 11.5. The third kappa shape index (κ3) is 3.41. The van der Waals surface area contributed by atoms with Crippen LogP contribution in [0.1, 0.15) is 21.5 Å². The predicted molar refractivity (Wildman–Crippen MR) is 127 cm³/mol. The van der Waals surface area contributed by atoms with Crippen molar-refractivity contribution in [1.29, 1.82) is 0 Å². The minimum atomic E-state index is -0.843. The van der Waals surface area contributed by atoms with E-state index in [4.69, 9.17) is 5.11 Å². The summed E-state index contributed by atoms with van der Waals surface area (Å²) in [5.41, 5.74) is 4.95. The van der Waals surface area contributed by atoms with Gasteiger partial charge in [0.05, 0.1) is 5.56 Å². The number of hydrogen-bond donors (Lipinski definition) is 1. The third-order valence-corrected chi connectivity index (χ3v) is 6.72. The highest BCUT2D eigenvalue weighted by molar-refractivity contribution is 7.24. The van der Waals surface area contributed by atoms with Crippen LogP contribution >= 0.6 is 11.3 Å². The number of carboxylic acid groups (broad SMARTS) is 1. The van der Waals surface area contributed by atoms with Crippen molar-refractivity contribution in [3.63, 3.8) is 0 Å². The second-order valence-electron chi connectivity index (χ2n) is 7.39. The van der Waals surface area contributed by atoms with Gasteiger partial charge in [-0.3, -0.25) is 4.79 Å². The fraction of sp³-hybridized carbons (Fsp3) is 0.0370. The summed E-state index contributed by atoms with van der Waals surface area (Å²) in [6, 6.07) is 29.1. The van der Waals surface area contributed by atoms with Crippen LogP contribution < -0.4 is 5.43 Å². The Labute approximate surface area is 182 Å². The molecule has 1 aliphatic carbocycles. The molecule has 1 N–H and O–H groups in total. The lowest BCUT2D eigenvalue weighted by molar-refractivity contribution is 0.0696. The van der Waals surface area contributed by atoms with Crippen LogP contribution in [0.2, 0.25) is 0 Å². The third-order valence-electron chi connectivity index (χ3n) is 5.56. The maximum Gasteiger partial charge on any atom is 0.335 e. The Morgan fingerprint density at radius 1 is 0.710 bits per heavy atom. The molecule has 4 aromatic carbocycles. The molecule has 3 nitrogen and oxygen atoms in total. The summed E-state index contributed by atoms with van der Waals surface area (Å²) in [5.74, 6) is -0.843. The standard InChI is InChI=1S/C14H10O2.C13H8OS/c15-14(16)12-7-3-6-11-10-5-2-1-4-9(10)8-13(11)12;14-13-9-5-1-3-7-11(9)15-12-8-4-2-6-10(12)13/h1-7H,8H2,(H,15,16);1-8H. The Bertz CT molecular complexity index is 1460. The molecular weight excluding hydrogens is 404 g/mol. The van der Waals surface area contributed by atoms with Crippen LogP contribution in [0.25, 0.3) is 31.3 Å². The fourth-order valence-electron chi connectivity index (χ4n) is 4.11. The maximum atomic E-state index is 12.1. The number of carbonyl (C=O) groups is 1. The molecule has 0 saturated heterocycles. The summed E-state index contributed by atoms with van der Waals surface area (Å²) in [7, 11) is 0. The van der Waals surface area contributed by atoms with E-state index >= 15 is 0 Å². The van der Waals surface area contributed by atoms with Gasteiger partial charge in [0.25, 0.3) is 0 Å². The van der Waals surface area contributed by atoms with E-state index in [1.165, 1.54) is 11.1 Å². The second-order valence-corrected chi connectivity index (χ2v) is 8.48. The van der Waals surface area contributed by atoms with Gasteiger partial charge in [0, 0.05) is 20.2 Å². The number of benzene rings is 4. The predicted octanol–water partition coefficient (Wildman–Crippen LogP) is 6.37. The van der Waals surface area contributed by atoms with E-state index in [1.54, 1.807) is 17.4 Å². The summed E-state index contributed by atoms with van der Waals surface area (Å²) >= 11 is 1.67. The van der Waals surface area contributed by atoms with Gasteiger partial charge in [-0.2, -0.15) is 0 Å². The molecule has 0 saturated carbocycles. The van der Waals surface area contributed by atoms with Gasteiger partial charge < -0.3 is 5.11 Å². The van der Waals surface area contributed by atoms with Crippen molar-refractivity contribution in [3.05, 3.63) is 118 Å². The minimum Gasteiger partial charge on any atom is -0.478 e. The number of aromatic carboxylic acids is 1. The van der Waals surface area contributed by atoms with Gasteiger partial charge in [-0.25, -0.2) is 4.79 Å². The molecule has 31 heavy (non-hydrogen) atoms. The first kappa shape index (κ1) is 19.2. The van der Waals surface area contributed by atoms with E-state index in [9.17, 15) is 9.59 Å². The molecule has 1 aliphatic rings. The molecule has 4 heteroatoms. The Kier molecular flexibility index (Phi) is 4.85. The van der Waals surface area contributed by atoms with Crippen molar-refractivity contribution in [2.45, 2.75) is 6.42 Å². The summed E-state index contributed by atoms with van der Waals surface area (Å²) in [5, 5.41) is 10.8. The Morgan fingerprint density at radius 3 is 1.97 bits per heavy atom. The molecule has 0 radical (unpaired) electrons. The monoisotopic (exact) mass is 422 g/mol. The number of fused-ring (bicyclic) bond motifs is 5. The first-order chi connectivity index (χ1) is 15.1. The highest BCUT2D eigenvalue weighted by Gasteiger charge is 2.22. The van der Waals surface area contributed by atoms with Gasteiger partial charge in [-0.15, -0.1) is 11.3 Å². The molecule has 0 aliphatic heterocycles. The van der Waals surface area contributed by atoms with E-state index in [-0.39, 0.29) is 5.43 Å². The van der Waals surface area contributed by atoms with Gasteiger partial charge in [0.15, 0.2) is 5.43 Å². The van der Waals surface area contributed by atoms with Gasteiger partial charge in [0.1, 0.15) is 0 Å². The molecule has 0 fully saturated rings. The molecule has 0 spiro atoms. The van der Waals surface area contributed by atoms with E-state index in [0.29, 0.717) is 5.56 Å².